The van der Waals surface area contributed by atoms with Crippen molar-refractivity contribution < 1.29 is 13.9 Å². The van der Waals surface area contributed by atoms with Gasteiger partial charge in [0.05, 0.1) is 6.10 Å². The molecule has 0 bridgehead atoms. The first-order valence-electron chi connectivity index (χ1n) is 6.17. The van der Waals surface area contributed by atoms with Gasteiger partial charge in [0.1, 0.15) is 11.9 Å². The Labute approximate surface area is 119 Å². The van der Waals surface area contributed by atoms with Crippen molar-refractivity contribution >= 4 is 21.8 Å². The van der Waals surface area contributed by atoms with Crippen LogP contribution in [-0.4, -0.2) is 25.2 Å². The lowest BCUT2D eigenvalue weighted by atomic mass is 10.1. The number of benzene rings is 1. The van der Waals surface area contributed by atoms with E-state index in [4.69, 9.17) is 10.5 Å². The molecule has 1 fully saturated rings. The van der Waals surface area contributed by atoms with Crippen molar-refractivity contribution in [2.45, 2.75) is 25.0 Å². The lowest BCUT2D eigenvalue weighted by molar-refractivity contribution is -0.120. The zero-order valence-corrected chi connectivity index (χ0v) is 12.0. The van der Waals surface area contributed by atoms with Crippen LogP contribution in [0.5, 0.6) is 0 Å². The van der Waals surface area contributed by atoms with Crippen LogP contribution in [0.4, 0.5) is 4.39 Å². The normalized spacial score (nSPS) is 20.4. The van der Waals surface area contributed by atoms with E-state index in [1.165, 1.54) is 6.07 Å². The van der Waals surface area contributed by atoms with Gasteiger partial charge in [-0.25, -0.2) is 4.39 Å². The lowest BCUT2D eigenvalue weighted by Crippen LogP contribution is -2.38. The lowest BCUT2D eigenvalue weighted by Gasteiger charge is -2.19. The Kier molecular flexibility index (Phi) is 4.90. The summed E-state index contributed by atoms with van der Waals surface area (Å²) in [4.78, 5) is 11.5. The van der Waals surface area contributed by atoms with Crippen LogP contribution in [0.25, 0.3) is 0 Å². The van der Waals surface area contributed by atoms with Gasteiger partial charge in [-0.15, -0.1) is 0 Å². The number of halogens is 2. The first-order chi connectivity index (χ1) is 9.08. The van der Waals surface area contributed by atoms with E-state index in [0.717, 1.165) is 19.4 Å². The Morgan fingerprint density at radius 3 is 3.00 bits per heavy atom. The highest BCUT2D eigenvalue weighted by Crippen LogP contribution is 2.21. The minimum absolute atomic E-state index is 0.0698. The summed E-state index contributed by atoms with van der Waals surface area (Å²) in [7, 11) is 0. The Morgan fingerprint density at radius 2 is 2.42 bits per heavy atom. The maximum atomic E-state index is 13.9. The molecular formula is C13H16BrFN2O2. The Morgan fingerprint density at radius 1 is 1.63 bits per heavy atom. The molecule has 1 saturated heterocycles. The maximum Gasteiger partial charge on any atom is 0.239 e. The molecule has 0 radical (unpaired) electrons. The first-order valence-corrected chi connectivity index (χ1v) is 6.96. The molecule has 1 aromatic carbocycles. The maximum absolute atomic E-state index is 13.9. The molecule has 2 atom stereocenters. The van der Waals surface area contributed by atoms with Crippen LogP contribution in [0.1, 0.15) is 24.4 Å². The number of nitrogens with one attached hydrogen (secondary N) is 1. The first kappa shape index (κ1) is 14.4. The summed E-state index contributed by atoms with van der Waals surface area (Å²) < 4.78 is 19.9. The molecule has 1 amide bonds. The van der Waals surface area contributed by atoms with Crippen LogP contribution < -0.4 is 11.1 Å². The molecule has 2 rings (SSSR count). The van der Waals surface area contributed by atoms with E-state index in [2.05, 4.69) is 21.2 Å². The molecule has 1 heterocycles. The molecule has 1 aliphatic rings. The number of hydrogen-bond acceptors (Lipinski definition) is 3. The summed E-state index contributed by atoms with van der Waals surface area (Å²) in [5.74, 6) is -1.06. The third-order valence-electron chi connectivity index (χ3n) is 3.13. The monoisotopic (exact) mass is 330 g/mol. The van der Waals surface area contributed by atoms with Gasteiger partial charge in [0.2, 0.25) is 5.91 Å². The van der Waals surface area contributed by atoms with Gasteiger partial charge in [0, 0.05) is 23.2 Å². The van der Waals surface area contributed by atoms with Crippen molar-refractivity contribution in [3.63, 3.8) is 0 Å². The molecule has 0 spiro atoms. The molecule has 6 heteroatoms. The second kappa shape index (κ2) is 6.45. The molecule has 0 aromatic heterocycles. The highest BCUT2D eigenvalue weighted by molar-refractivity contribution is 9.10. The molecular weight excluding hydrogens is 315 g/mol. The molecule has 3 N–H and O–H groups in total. The summed E-state index contributed by atoms with van der Waals surface area (Å²) in [5, 5.41) is 2.98. The highest BCUT2D eigenvalue weighted by atomic mass is 79.9. The predicted octanol–water partition coefficient (Wildman–Crippen LogP) is 1.88. The van der Waals surface area contributed by atoms with Crippen LogP contribution in [0.2, 0.25) is 0 Å². The summed E-state index contributed by atoms with van der Waals surface area (Å²) in [5.41, 5.74) is 5.60. The van der Waals surface area contributed by atoms with E-state index in [1.54, 1.807) is 12.1 Å². The van der Waals surface area contributed by atoms with Crippen molar-refractivity contribution in [3.05, 3.63) is 34.1 Å². The standard InChI is InChI=1S/C13H16BrFN2O2/c14-8-3-4-10(11(15)6-8)12(13(16)18)17-7-9-2-1-5-19-9/h3-4,6,9,12,17H,1-2,5,7H2,(H2,16,18). The molecule has 1 aromatic rings. The van der Waals surface area contributed by atoms with Gasteiger partial charge in [-0.2, -0.15) is 0 Å². The van der Waals surface area contributed by atoms with Gasteiger partial charge in [0.25, 0.3) is 0 Å². The van der Waals surface area contributed by atoms with E-state index in [1.807, 2.05) is 0 Å². The number of rotatable bonds is 5. The molecule has 2 unspecified atom stereocenters. The number of primary amides is 1. The fraction of sp³-hybridized carbons (Fsp3) is 0.462. The quantitative estimate of drug-likeness (QED) is 0.866. The fourth-order valence-electron chi connectivity index (χ4n) is 2.15. The zero-order chi connectivity index (χ0) is 13.8. The minimum Gasteiger partial charge on any atom is -0.377 e. The molecule has 19 heavy (non-hydrogen) atoms. The van der Waals surface area contributed by atoms with E-state index in [9.17, 15) is 9.18 Å². The van der Waals surface area contributed by atoms with E-state index >= 15 is 0 Å². The summed E-state index contributed by atoms with van der Waals surface area (Å²) in [6.07, 6.45) is 2.03. The number of ether oxygens (including phenoxy) is 1. The fourth-order valence-corrected chi connectivity index (χ4v) is 2.49. The molecule has 104 valence electrons. The Balaban J connectivity index is 2.08. The summed E-state index contributed by atoms with van der Waals surface area (Å²) in [6, 6.07) is 3.72. The van der Waals surface area contributed by atoms with Crippen LogP contribution >= 0.6 is 15.9 Å². The average molecular weight is 331 g/mol. The van der Waals surface area contributed by atoms with Gasteiger partial charge < -0.3 is 10.5 Å². The van der Waals surface area contributed by atoms with Gasteiger partial charge >= 0.3 is 0 Å². The predicted molar refractivity (Wildman–Crippen MR) is 73.0 cm³/mol. The van der Waals surface area contributed by atoms with Crippen molar-refractivity contribution in [2.24, 2.45) is 5.73 Å². The molecule has 0 saturated carbocycles. The SMILES string of the molecule is NC(=O)C(NCC1CCCO1)c1ccc(Br)cc1F. The van der Waals surface area contributed by atoms with E-state index in [-0.39, 0.29) is 11.7 Å². The third-order valence-corrected chi connectivity index (χ3v) is 3.62. The molecule has 4 nitrogen and oxygen atoms in total. The minimum atomic E-state index is -0.836. The van der Waals surface area contributed by atoms with Gasteiger partial charge in [-0.05, 0) is 25.0 Å². The average Bonchev–Trinajstić information content (AvgIpc) is 2.84. The van der Waals surface area contributed by atoms with Crippen LogP contribution in [0, 0.1) is 5.82 Å². The Hall–Kier alpha value is -0.980. The summed E-state index contributed by atoms with van der Waals surface area (Å²) in [6.45, 7) is 1.23. The zero-order valence-electron chi connectivity index (χ0n) is 10.4. The number of carbonyl (C=O) groups excluding carboxylic acids is 1. The van der Waals surface area contributed by atoms with Gasteiger partial charge in [-0.1, -0.05) is 22.0 Å². The topological polar surface area (TPSA) is 64.4 Å². The second-order valence-electron chi connectivity index (χ2n) is 4.54. The van der Waals surface area contributed by atoms with Crippen LogP contribution in [-0.2, 0) is 9.53 Å². The van der Waals surface area contributed by atoms with Crippen LogP contribution in [0.3, 0.4) is 0 Å². The van der Waals surface area contributed by atoms with Gasteiger partial charge in [0.15, 0.2) is 0 Å². The van der Waals surface area contributed by atoms with Crippen LogP contribution in [0.15, 0.2) is 22.7 Å². The van der Waals surface area contributed by atoms with Crippen molar-refractivity contribution in [3.8, 4) is 0 Å². The Bertz CT molecular complexity index is 464. The number of hydrogen-bond donors (Lipinski definition) is 2. The smallest absolute Gasteiger partial charge is 0.239 e. The number of nitrogens with two attached hydrogens (primary N) is 1. The largest absolute Gasteiger partial charge is 0.377 e. The van der Waals surface area contributed by atoms with Crippen molar-refractivity contribution in [1.82, 2.24) is 5.32 Å². The number of amides is 1. The van der Waals surface area contributed by atoms with Crippen molar-refractivity contribution in [2.75, 3.05) is 13.2 Å². The molecule has 0 aliphatic carbocycles. The highest BCUT2D eigenvalue weighted by Gasteiger charge is 2.23. The van der Waals surface area contributed by atoms with Crippen molar-refractivity contribution in [1.29, 1.82) is 0 Å². The second-order valence-corrected chi connectivity index (χ2v) is 5.46. The summed E-state index contributed by atoms with van der Waals surface area (Å²) >= 11 is 3.18. The van der Waals surface area contributed by atoms with E-state index < -0.39 is 17.8 Å². The number of carbonyl (C=O) groups is 1. The molecule has 1 aliphatic heterocycles. The third kappa shape index (κ3) is 3.75. The van der Waals surface area contributed by atoms with Gasteiger partial charge in [-0.3, -0.25) is 10.1 Å². The van der Waals surface area contributed by atoms with E-state index in [0.29, 0.717) is 11.0 Å².